The number of alkyl halides is 1. The van der Waals surface area contributed by atoms with E-state index in [9.17, 15) is 14.1 Å². The van der Waals surface area contributed by atoms with Gasteiger partial charge in [0.2, 0.25) is 0 Å². The summed E-state index contributed by atoms with van der Waals surface area (Å²) in [6, 6.07) is 15.4. The molecule has 0 bridgehead atoms. The van der Waals surface area contributed by atoms with Crippen LogP contribution in [0.5, 0.6) is 11.5 Å². The number of hydrazine groups is 1. The topological polar surface area (TPSA) is 114 Å². The molecule has 0 aliphatic heterocycles. The summed E-state index contributed by atoms with van der Waals surface area (Å²) in [6.07, 6.45) is -0.167. The first-order chi connectivity index (χ1) is 16.1. The zero-order valence-corrected chi connectivity index (χ0v) is 20.9. The van der Waals surface area contributed by atoms with E-state index in [0.29, 0.717) is 11.5 Å². The van der Waals surface area contributed by atoms with E-state index in [0.717, 1.165) is 11.1 Å². The fourth-order valence-electron chi connectivity index (χ4n) is 3.19. The Morgan fingerprint density at radius 2 is 1.50 bits per heavy atom. The van der Waals surface area contributed by atoms with Crippen LogP contribution in [0.2, 0.25) is 0 Å². The van der Waals surface area contributed by atoms with Gasteiger partial charge in [-0.25, -0.2) is 5.84 Å². The number of nitrogens with two attached hydrogens (primary N) is 2. The van der Waals surface area contributed by atoms with Gasteiger partial charge in [-0.1, -0.05) is 38.1 Å². The highest BCUT2D eigenvalue weighted by Gasteiger charge is 2.23. The minimum atomic E-state index is -0.852. The highest BCUT2D eigenvalue weighted by Crippen LogP contribution is 2.33. The zero-order chi connectivity index (χ0) is 25.1. The number of benzene rings is 2. The Morgan fingerprint density at radius 3 is 1.94 bits per heavy atom. The average molecular weight is 514 g/mol. The number of hydrogen-bond acceptors (Lipinski definition) is 8. The normalized spacial score (nSPS) is 13.9. The molecule has 0 amide bonds. The van der Waals surface area contributed by atoms with E-state index in [1.807, 2.05) is 48.5 Å². The lowest BCUT2D eigenvalue weighted by molar-refractivity contribution is 0.0817. The van der Waals surface area contributed by atoms with Gasteiger partial charge in [0.25, 0.3) is 0 Å². The molecule has 0 saturated carbocycles. The molecular formula is C24H33ClFN3O4S. The molecular weight excluding hydrogens is 481 g/mol. The van der Waals surface area contributed by atoms with Crippen LogP contribution in [0.15, 0.2) is 60.4 Å². The van der Waals surface area contributed by atoms with Gasteiger partial charge in [0.15, 0.2) is 0 Å². The highest BCUT2D eigenvalue weighted by molar-refractivity contribution is 7.94. The molecule has 0 aromatic heterocycles. The van der Waals surface area contributed by atoms with Gasteiger partial charge in [-0.2, -0.15) is 3.89 Å². The molecule has 2 aromatic carbocycles. The molecule has 10 heteroatoms. The standard InChI is InChI=1S/C24H33ClFN3O4S/c1-24(2,17-3-7-22(8-4-17)32-14-20(30)11-25)18-5-9-23(10-6-18)33-15-21(31)13-29(28)12-19(27)16-34-26/h3-10,12,20-21,30-31H,11,13-16,27-28H2,1-2H3/b19-12-. The van der Waals surface area contributed by atoms with Crippen molar-refractivity contribution in [2.75, 3.05) is 31.4 Å². The van der Waals surface area contributed by atoms with E-state index in [1.54, 1.807) is 0 Å². The highest BCUT2D eigenvalue weighted by atomic mass is 35.5. The van der Waals surface area contributed by atoms with Gasteiger partial charge in [-0.05, 0) is 35.4 Å². The lowest BCUT2D eigenvalue weighted by Gasteiger charge is -2.26. The number of ether oxygens (including phenoxy) is 2. The first-order valence-corrected chi connectivity index (χ1v) is 12.2. The Morgan fingerprint density at radius 1 is 1.03 bits per heavy atom. The second kappa shape index (κ2) is 13.7. The van der Waals surface area contributed by atoms with E-state index in [1.165, 1.54) is 11.2 Å². The summed E-state index contributed by atoms with van der Waals surface area (Å²) in [4.78, 5) is 0. The molecule has 0 radical (unpaired) electrons. The first-order valence-electron chi connectivity index (χ1n) is 10.8. The SMILES string of the molecule is CC(C)(c1ccc(OCC(O)CCl)cc1)c1ccc(OCC(O)CN(N)/C=C(\N)CSF)cc1. The molecule has 0 heterocycles. The van der Waals surface area contributed by atoms with Crippen LogP contribution >= 0.6 is 23.7 Å². The van der Waals surface area contributed by atoms with Crippen molar-refractivity contribution in [3.63, 3.8) is 0 Å². The second-order valence-electron chi connectivity index (χ2n) is 8.41. The molecule has 2 aromatic rings. The Bertz CT molecular complexity index is 900. The van der Waals surface area contributed by atoms with Gasteiger partial charge in [0, 0.05) is 17.3 Å². The van der Waals surface area contributed by atoms with E-state index in [4.69, 9.17) is 32.7 Å². The molecule has 0 fully saturated rings. The number of halogens is 2. The smallest absolute Gasteiger partial charge is 0.119 e. The van der Waals surface area contributed by atoms with Crippen LogP contribution in [0, 0.1) is 0 Å². The van der Waals surface area contributed by atoms with Crippen LogP contribution in [0.4, 0.5) is 3.89 Å². The van der Waals surface area contributed by atoms with Gasteiger partial charge in [0.1, 0.15) is 36.9 Å². The maximum atomic E-state index is 12.2. The molecule has 34 heavy (non-hydrogen) atoms. The minimum Gasteiger partial charge on any atom is -0.491 e. The molecule has 0 saturated heterocycles. The summed E-state index contributed by atoms with van der Waals surface area (Å²) in [5, 5.41) is 20.9. The molecule has 7 nitrogen and oxygen atoms in total. The Hall–Kier alpha value is -2.17. The van der Waals surface area contributed by atoms with Crippen LogP contribution in [0.3, 0.4) is 0 Å². The number of aliphatic hydroxyl groups is 2. The fraction of sp³-hybridized carbons (Fsp3) is 0.417. The third-order valence-electron chi connectivity index (χ3n) is 5.19. The third kappa shape index (κ3) is 8.88. The summed E-state index contributed by atoms with van der Waals surface area (Å²) >= 11 is 5.69. The lowest BCUT2D eigenvalue weighted by atomic mass is 9.78. The predicted octanol–water partition coefficient (Wildman–Crippen LogP) is 3.32. The van der Waals surface area contributed by atoms with Gasteiger partial charge in [0.05, 0.1) is 30.3 Å². The van der Waals surface area contributed by atoms with Crippen molar-refractivity contribution in [2.24, 2.45) is 11.6 Å². The molecule has 0 aliphatic carbocycles. The van der Waals surface area contributed by atoms with E-state index in [-0.39, 0.29) is 54.7 Å². The van der Waals surface area contributed by atoms with Gasteiger partial charge >= 0.3 is 0 Å². The number of rotatable bonds is 14. The largest absolute Gasteiger partial charge is 0.491 e. The summed E-state index contributed by atoms with van der Waals surface area (Å²) in [6.45, 7) is 4.52. The average Bonchev–Trinajstić information content (AvgIpc) is 2.81. The van der Waals surface area contributed by atoms with Crippen molar-refractivity contribution in [2.45, 2.75) is 31.5 Å². The fourth-order valence-corrected chi connectivity index (χ4v) is 3.48. The van der Waals surface area contributed by atoms with Crippen molar-refractivity contribution in [1.29, 1.82) is 0 Å². The van der Waals surface area contributed by atoms with E-state index in [2.05, 4.69) is 13.8 Å². The van der Waals surface area contributed by atoms with Crippen molar-refractivity contribution >= 4 is 23.7 Å². The summed E-state index contributed by atoms with van der Waals surface area (Å²) < 4.78 is 23.4. The van der Waals surface area contributed by atoms with Crippen molar-refractivity contribution in [3.05, 3.63) is 71.6 Å². The Kier molecular flexibility index (Phi) is 11.3. The van der Waals surface area contributed by atoms with Crippen LogP contribution in [0.1, 0.15) is 25.0 Å². The predicted molar refractivity (Wildman–Crippen MR) is 135 cm³/mol. The Balaban J connectivity index is 1.92. The van der Waals surface area contributed by atoms with Crippen LogP contribution in [-0.4, -0.2) is 58.8 Å². The Labute approximate surface area is 209 Å². The van der Waals surface area contributed by atoms with Crippen LogP contribution in [0.25, 0.3) is 0 Å². The summed E-state index contributed by atoms with van der Waals surface area (Å²) in [5.74, 6) is 7.18. The first kappa shape index (κ1) is 28.1. The van der Waals surface area contributed by atoms with Gasteiger partial charge in [-0.15, -0.1) is 11.6 Å². The second-order valence-corrected chi connectivity index (χ2v) is 9.23. The lowest BCUT2D eigenvalue weighted by Crippen LogP contribution is -2.37. The van der Waals surface area contributed by atoms with E-state index >= 15 is 0 Å². The number of nitrogens with zero attached hydrogens (tertiary/aromatic N) is 1. The van der Waals surface area contributed by atoms with Crippen LogP contribution < -0.4 is 21.1 Å². The summed E-state index contributed by atoms with van der Waals surface area (Å²) in [7, 11) is 0. The molecule has 188 valence electrons. The molecule has 2 rings (SSSR count). The molecule has 6 N–H and O–H groups in total. The van der Waals surface area contributed by atoms with Gasteiger partial charge in [-0.3, -0.25) is 0 Å². The van der Waals surface area contributed by atoms with E-state index < -0.39 is 12.2 Å². The number of aliphatic hydroxyl groups excluding tert-OH is 2. The van der Waals surface area contributed by atoms with Crippen LogP contribution in [-0.2, 0) is 5.41 Å². The van der Waals surface area contributed by atoms with Crippen molar-refractivity contribution < 1.29 is 23.6 Å². The summed E-state index contributed by atoms with van der Waals surface area (Å²) in [5.41, 5.74) is 7.79. The number of hydrogen-bond donors (Lipinski definition) is 4. The molecule has 0 aliphatic rings. The maximum Gasteiger partial charge on any atom is 0.119 e. The maximum absolute atomic E-state index is 12.2. The van der Waals surface area contributed by atoms with Crippen molar-refractivity contribution in [3.8, 4) is 11.5 Å². The monoisotopic (exact) mass is 513 g/mol. The zero-order valence-electron chi connectivity index (χ0n) is 19.4. The quantitative estimate of drug-likeness (QED) is 0.173. The molecule has 2 atom stereocenters. The third-order valence-corrected chi connectivity index (χ3v) is 5.99. The van der Waals surface area contributed by atoms with Gasteiger partial charge < -0.3 is 30.4 Å². The van der Waals surface area contributed by atoms with Crippen molar-refractivity contribution in [1.82, 2.24) is 5.01 Å². The minimum absolute atomic E-state index is 0.0135. The molecule has 0 spiro atoms. The molecule has 2 unspecified atom stereocenters.